The van der Waals surface area contributed by atoms with Crippen LogP contribution in [0.1, 0.15) is 17.2 Å². The molecule has 2 heterocycles. The molecular formula is C19H22N2O6. The van der Waals surface area contributed by atoms with E-state index < -0.39 is 24.8 Å². The molecule has 0 saturated carbocycles. The van der Waals surface area contributed by atoms with E-state index in [1.54, 1.807) is 12.1 Å². The van der Waals surface area contributed by atoms with Gasteiger partial charge in [0.05, 0.1) is 25.9 Å². The van der Waals surface area contributed by atoms with Crippen LogP contribution in [0.25, 0.3) is 0 Å². The molecule has 1 aliphatic rings. The lowest BCUT2D eigenvalue weighted by molar-refractivity contribution is -0.0813. The van der Waals surface area contributed by atoms with Gasteiger partial charge in [-0.25, -0.2) is 9.78 Å². The molecule has 8 nitrogen and oxygen atoms in total. The summed E-state index contributed by atoms with van der Waals surface area (Å²) in [5.41, 5.74) is 1.28. The molecule has 2 atom stereocenters. The van der Waals surface area contributed by atoms with Crippen LogP contribution in [0.2, 0.25) is 0 Å². The molecule has 3 N–H and O–H groups in total. The Kier molecular flexibility index (Phi) is 6.59. The summed E-state index contributed by atoms with van der Waals surface area (Å²) in [6.07, 6.45) is -0.429. The lowest BCUT2D eigenvalue weighted by Gasteiger charge is -2.26. The van der Waals surface area contributed by atoms with Gasteiger partial charge in [0.2, 0.25) is 5.88 Å². The van der Waals surface area contributed by atoms with Gasteiger partial charge in [0, 0.05) is 17.8 Å². The maximum atomic E-state index is 11.9. The summed E-state index contributed by atoms with van der Waals surface area (Å²) in [4.78, 5) is 16.1. The number of hydrogen-bond acceptors (Lipinski definition) is 7. The van der Waals surface area contributed by atoms with E-state index in [1.807, 2.05) is 30.3 Å². The van der Waals surface area contributed by atoms with Gasteiger partial charge in [-0.3, -0.25) is 0 Å². The van der Waals surface area contributed by atoms with Crippen molar-refractivity contribution in [2.75, 3.05) is 19.8 Å². The molecule has 0 aliphatic carbocycles. The van der Waals surface area contributed by atoms with E-state index in [1.165, 1.54) is 6.20 Å². The number of pyridine rings is 1. The highest BCUT2D eigenvalue weighted by Crippen LogP contribution is 2.20. The highest BCUT2D eigenvalue weighted by atomic mass is 16.6. The average Bonchev–Trinajstić information content (AvgIpc) is 2.68. The van der Waals surface area contributed by atoms with Crippen LogP contribution in [0.15, 0.2) is 48.7 Å². The number of aliphatic hydroxyl groups is 2. The second-order valence-corrected chi connectivity index (χ2v) is 6.15. The van der Waals surface area contributed by atoms with E-state index in [0.29, 0.717) is 24.7 Å². The fraction of sp³-hybridized carbons (Fsp3) is 0.368. The highest BCUT2D eigenvalue weighted by Gasteiger charge is 2.24. The van der Waals surface area contributed by atoms with Crippen LogP contribution in [0.4, 0.5) is 4.79 Å². The van der Waals surface area contributed by atoms with Crippen molar-refractivity contribution in [2.24, 2.45) is 0 Å². The third kappa shape index (κ3) is 5.40. The van der Waals surface area contributed by atoms with E-state index >= 15 is 0 Å². The number of amides is 1. The Hall–Kier alpha value is -2.68. The van der Waals surface area contributed by atoms with Crippen molar-refractivity contribution in [1.82, 2.24) is 10.3 Å². The molecule has 0 bridgehead atoms. The fourth-order valence-electron chi connectivity index (χ4n) is 2.46. The van der Waals surface area contributed by atoms with Gasteiger partial charge in [0.1, 0.15) is 18.8 Å². The first-order valence-electron chi connectivity index (χ1n) is 8.62. The summed E-state index contributed by atoms with van der Waals surface area (Å²) < 4.78 is 15.7. The van der Waals surface area contributed by atoms with Crippen molar-refractivity contribution < 1.29 is 29.2 Å². The van der Waals surface area contributed by atoms with Gasteiger partial charge in [0.25, 0.3) is 0 Å². The van der Waals surface area contributed by atoms with Crippen LogP contribution in [0.5, 0.6) is 5.88 Å². The molecule has 27 heavy (non-hydrogen) atoms. The minimum Gasteiger partial charge on any atom is -0.469 e. The Balaban J connectivity index is 1.51. The maximum absolute atomic E-state index is 11.9. The third-order valence-corrected chi connectivity index (χ3v) is 4.09. The zero-order chi connectivity index (χ0) is 19.1. The van der Waals surface area contributed by atoms with Gasteiger partial charge in [-0.05, 0) is 11.6 Å². The summed E-state index contributed by atoms with van der Waals surface area (Å²) in [7, 11) is 0. The van der Waals surface area contributed by atoms with E-state index in [4.69, 9.17) is 14.2 Å². The van der Waals surface area contributed by atoms with Crippen molar-refractivity contribution in [1.29, 1.82) is 0 Å². The van der Waals surface area contributed by atoms with Gasteiger partial charge >= 0.3 is 6.09 Å². The molecule has 8 heteroatoms. The highest BCUT2D eigenvalue weighted by molar-refractivity contribution is 5.67. The molecular weight excluding hydrogens is 352 g/mol. The topological polar surface area (TPSA) is 110 Å². The van der Waals surface area contributed by atoms with E-state index in [2.05, 4.69) is 10.3 Å². The van der Waals surface area contributed by atoms with Gasteiger partial charge in [-0.2, -0.15) is 0 Å². The molecule has 1 unspecified atom stereocenters. The zero-order valence-corrected chi connectivity index (χ0v) is 14.7. The normalized spacial score (nSPS) is 16.1. The standard InChI is InChI=1S/C19H22N2O6/c22-9-16(21-19(24)26-10-13-4-2-1-3-5-13)18(23)14-6-7-17(20-8-14)27-15-11-25-12-15/h1-8,15-16,18,22-23H,9-12H2,(H,21,24)/t16-,18?/m1/s1. The molecule has 1 aromatic heterocycles. The molecule has 3 rings (SSSR count). The number of aromatic nitrogens is 1. The number of ether oxygens (including phenoxy) is 3. The number of alkyl carbamates (subject to hydrolysis) is 1. The van der Waals surface area contributed by atoms with Crippen molar-refractivity contribution >= 4 is 6.09 Å². The Morgan fingerprint density at radius 1 is 1.26 bits per heavy atom. The lowest BCUT2D eigenvalue weighted by Crippen LogP contribution is -2.42. The number of carbonyl (C=O) groups is 1. The number of rotatable bonds is 8. The Morgan fingerprint density at radius 2 is 2.04 bits per heavy atom. The number of benzene rings is 1. The van der Waals surface area contributed by atoms with E-state index in [9.17, 15) is 15.0 Å². The van der Waals surface area contributed by atoms with Crippen LogP contribution in [0, 0.1) is 0 Å². The third-order valence-electron chi connectivity index (χ3n) is 4.09. The molecule has 0 radical (unpaired) electrons. The minimum atomic E-state index is -1.15. The van der Waals surface area contributed by atoms with Crippen molar-refractivity contribution in [2.45, 2.75) is 24.9 Å². The fourth-order valence-corrected chi connectivity index (χ4v) is 2.46. The summed E-state index contributed by atoms with van der Waals surface area (Å²) in [6, 6.07) is 11.5. The first kappa shape index (κ1) is 19.1. The summed E-state index contributed by atoms with van der Waals surface area (Å²) >= 11 is 0. The zero-order valence-electron chi connectivity index (χ0n) is 14.7. The van der Waals surface area contributed by atoms with Crippen molar-refractivity contribution in [3.8, 4) is 5.88 Å². The smallest absolute Gasteiger partial charge is 0.407 e. The molecule has 1 saturated heterocycles. The van der Waals surface area contributed by atoms with E-state index in [0.717, 1.165) is 5.56 Å². The van der Waals surface area contributed by atoms with Crippen LogP contribution in [0.3, 0.4) is 0 Å². The maximum Gasteiger partial charge on any atom is 0.407 e. The minimum absolute atomic E-state index is 0.000449. The first-order chi connectivity index (χ1) is 13.2. The summed E-state index contributed by atoms with van der Waals surface area (Å²) in [5, 5.41) is 22.4. The molecule has 0 spiro atoms. The molecule has 144 valence electrons. The number of carbonyl (C=O) groups excluding carboxylic acids is 1. The van der Waals surface area contributed by atoms with Crippen LogP contribution < -0.4 is 10.1 Å². The lowest BCUT2D eigenvalue weighted by atomic mass is 10.1. The number of nitrogens with one attached hydrogen (secondary N) is 1. The second-order valence-electron chi connectivity index (χ2n) is 6.15. The number of aliphatic hydroxyl groups excluding tert-OH is 2. The SMILES string of the molecule is O=C(N[C@H](CO)C(O)c1ccc(OC2COC2)nc1)OCc1ccccc1. The Bertz CT molecular complexity index is 721. The molecule has 1 amide bonds. The van der Waals surface area contributed by atoms with Crippen molar-refractivity contribution in [3.63, 3.8) is 0 Å². The monoisotopic (exact) mass is 374 g/mol. The second kappa shape index (κ2) is 9.31. The molecule has 1 aromatic carbocycles. The largest absolute Gasteiger partial charge is 0.469 e. The number of nitrogens with zero attached hydrogens (tertiary/aromatic N) is 1. The van der Waals surface area contributed by atoms with Gasteiger partial charge < -0.3 is 29.7 Å². The summed E-state index contributed by atoms with van der Waals surface area (Å²) in [5.74, 6) is 0.426. The molecule has 2 aromatic rings. The molecule has 1 aliphatic heterocycles. The van der Waals surface area contributed by atoms with Crippen LogP contribution in [-0.2, 0) is 16.1 Å². The quantitative estimate of drug-likeness (QED) is 0.636. The van der Waals surface area contributed by atoms with Crippen LogP contribution in [-0.4, -0.2) is 53.3 Å². The van der Waals surface area contributed by atoms with Gasteiger partial charge in [0.15, 0.2) is 0 Å². The van der Waals surface area contributed by atoms with Gasteiger partial charge in [-0.15, -0.1) is 0 Å². The van der Waals surface area contributed by atoms with Crippen LogP contribution >= 0.6 is 0 Å². The Morgan fingerprint density at radius 3 is 2.63 bits per heavy atom. The summed E-state index contributed by atoms with van der Waals surface area (Å²) in [6.45, 7) is 0.708. The predicted molar refractivity (Wildman–Crippen MR) is 95.1 cm³/mol. The Labute approximate surface area is 156 Å². The first-order valence-corrected chi connectivity index (χ1v) is 8.62. The average molecular weight is 374 g/mol. The predicted octanol–water partition coefficient (Wildman–Crippen LogP) is 1.18. The molecule has 1 fully saturated rings. The number of hydrogen-bond donors (Lipinski definition) is 3. The van der Waals surface area contributed by atoms with E-state index in [-0.39, 0.29) is 12.7 Å². The van der Waals surface area contributed by atoms with Crippen molar-refractivity contribution in [3.05, 3.63) is 59.8 Å². The van der Waals surface area contributed by atoms with Gasteiger partial charge in [-0.1, -0.05) is 30.3 Å².